The molecule has 0 spiro atoms. The predicted octanol–water partition coefficient (Wildman–Crippen LogP) is 2.69. The molecule has 0 radical (unpaired) electrons. The minimum Gasteiger partial charge on any atom is -0.493 e. The first-order valence-electron chi connectivity index (χ1n) is 5.41. The van der Waals surface area contributed by atoms with Gasteiger partial charge in [-0.25, -0.2) is 4.39 Å². The van der Waals surface area contributed by atoms with E-state index in [2.05, 4.69) is 5.32 Å². The highest BCUT2D eigenvalue weighted by Crippen LogP contribution is 2.34. The molecule has 1 heterocycles. The zero-order valence-corrected chi connectivity index (χ0v) is 10.8. The van der Waals surface area contributed by atoms with Gasteiger partial charge in [0, 0.05) is 17.7 Å². The number of halogens is 2. The predicted molar refractivity (Wildman–Crippen MR) is 66.7 cm³/mol. The Morgan fingerprint density at radius 1 is 1.24 bits per heavy atom. The van der Waals surface area contributed by atoms with Crippen LogP contribution in [0, 0.1) is 5.82 Å². The summed E-state index contributed by atoms with van der Waals surface area (Å²) in [6, 6.07) is 3.20. The van der Waals surface area contributed by atoms with Gasteiger partial charge < -0.3 is 14.8 Å². The van der Waals surface area contributed by atoms with Gasteiger partial charge >= 0.3 is 0 Å². The molecule has 96 valence electrons. The molecule has 1 aliphatic heterocycles. The molecule has 1 atom stereocenters. The summed E-state index contributed by atoms with van der Waals surface area (Å²) < 4.78 is 24.1. The standard InChI is InChI=1S/C12H16FNO2.ClH/c1-15-11-6-8(10-4-3-5-14-10)9(13)7-12(11)16-2;/h6-7,10,14H,3-5H2,1-2H3;1H/t10-;/m0./s1. The highest BCUT2D eigenvalue weighted by atomic mass is 35.5. The topological polar surface area (TPSA) is 30.5 Å². The van der Waals surface area contributed by atoms with E-state index in [-0.39, 0.29) is 24.3 Å². The number of nitrogens with one attached hydrogen (secondary N) is 1. The van der Waals surface area contributed by atoms with Crippen LogP contribution in [0.4, 0.5) is 4.39 Å². The molecule has 0 unspecified atom stereocenters. The normalized spacial score (nSPS) is 18.6. The van der Waals surface area contributed by atoms with Gasteiger partial charge in [0.05, 0.1) is 14.2 Å². The summed E-state index contributed by atoms with van der Waals surface area (Å²) in [5.74, 6) is 0.770. The average Bonchev–Trinajstić information content (AvgIpc) is 2.82. The van der Waals surface area contributed by atoms with E-state index in [1.807, 2.05) is 0 Å². The summed E-state index contributed by atoms with van der Waals surface area (Å²) in [6.45, 7) is 0.943. The van der Waals surface area contributed by atoms with Crippen LogP contribution in [-0.4, -0.2) is 20.8 Å². The van der Waals surface area contributed by atoms with Crippen molar-refractivity contribution in [2.75, 3.05) is 20.8 Å². The van der Waals surface area contributed by atoms with Gasteiger partial charge in [-0.2, -0.15) is 0 Å². The third kappa shape index (κ3) is 2.82. The van der Waals surface area contributed by atoms with Crippen molar-refractivity contribution in [1.82, 2.24) is 5.32 Å². The van der Waals surface area contributed by atoms with Gasteiger partial charge in [-0.1, -0.05) is 0 Å². The van der Waals surface area contributed by atoms with Crippen molar-refractivity contribution in [1.29, 1.82) is 0 Å². The van der Waals surface area contributed by atoms with E-state index in [1.165, 1.54) is 13.2 Å². The van der Waals surface area contributed by atoms with Crippen LogP contribution >= 0.6 is 12.4 Å². The molecule has 2 rings (SSSR count). The minimum absolute atomic E-state index is 0. The largest absolute Gasteiger partial charge is 0.493 e. The van der Waals surface area contributed by atoms with Gasteiger partial charge in [0.1, 0.15) is 5.82 Å². The summed E-state index contributed by atoms with van der Waals surface area (Å²) in [7, 11) is 3.06. The molecule has 0 aromatic heterocycles. The Hall–Kier alpha value is -1.00. The lowest BCUT2D eigenvalue weighted by atomic mass is 10.0. The summed E-state index contributed by atoms with van der Waals surface area (Å²) in [4.78, 5) is 0. The minimum atomic E-state index is -0.239. The Kier molecular flexibility index (Phi) is 5.02. The van der Waals surface area contributed by atoms with Crippen LogP contribution in [0.2, 0.25) is 0 Å². The van der Waals surface area contributed by atoms with Gasteiger partial charge in [-0.15, -0.1) is 12.4 Å². The molecule has 1 saturated heterocycles. The Bertz CT molecular complexity index is 381. The monoisotopic (exact) mass is 261 g/mol. The van der Waals surface area contributed by atoms with Crippen molar-refractivity contribution in [2.45, 2.75) is 18.9 Å². The first-order chi connectivity index (χ1) is 7.76. The summed E-state index contributed by atoms with van der Waals surface area (Å²) >= 11 is 0. The van der Waals surface area contributed by atoms with Crippen LogP contribution < -0.4 is 14.8 Å². The Morgan fingerprint density at radius 3 is 2.41 bits per heavy atom. The third-order valence-corrected chi connectivity index (χ3v) is 2.94. The smallest absolute Gasteiger partial charge is 0.163 e. The third-order valence-electron chi connectivity index (χ3n) is 2.94. The molecule has 17 heavy (non-hydrogen) atoms. The first kappa shape index (κ1) is 14.1. The second-order valence-corrected chi connectivity index (χ2v) is 3.88. The van der Waals surface area contributed by atoms with Crippen molar-refractivity contribution in [3.8, 4) is 11.5 Å². The highest BCUT2D eigenvalue weighted by Gasteiger charge is 2.21. The van der Waals surface area contributed by atoms with E-state index in [9.17, 15) is 4.39 Å². The first-order valence-corrected chi connectivity index (χ1v) is 5.41. The number of hydrogen-bond donors (Lipinski definition) is 1. The van der Waals surface area contributed by atoms with E-state index in [0.717, 1.165) is 19.4 Å². The number of methoxy groups -OCH3 is 2. The summed E-state index contributed by atoms with van der Waals surface area (Å²) in [5, 5.41) is 3.27. The van der Waals surface area contributed by atoms with Crippen LogP contribution in [-0.2, 0) is 0 Å². The van der Waals surface area contributed by atoms with Gasteiger partial charge in [0.25, 0.3) is 0 Å². The molecular formula is C12H17ClFNO2. The molecule has 1 aromatic carbocycles. The fourth-order valence-corrected chi connectivity index (χ4v) is 2.09. The molecule has 3 nitrogen and oxygen atoms in total. The number of benzene rings is 1. The van der Waals surface area contributed by atoms with Crippen molar-refractivity contribution in [2.24, 2.45) is 0 Å². The van der Waals surface area contributed by atoms with Crippen molar-refractivity contribution in [3.05, 3.63) is 23.5 Å². The Labute approximate surface area is 107 Å². The molecule has 0 aliphatic carbocycles. The zero-order valence-electron chi connectivity index (χ0n) is 9.96. The zero-order chi connectivity index (χ0) is 11.5. The van der Waals surface area contributed by atoms with Gasteiger partial charge in [0.2, 0.25) is 0 Å². The second kappa shape index (κ2) is 6.07. The van der Waals surface area contributed by atoms with Crippen molar-refractivity contribution >= 4 is 12.4 Å². The van der Waals surface area contributed by atoms with Gasteiger partial charge in [-0.3, -0.25) is 0 Å². The lowest BCUT2D eigenvalue weighted by Gasteiger charge is -2.15. The van der Waals surface area contributed by atoms with E-state index in [4.69, 9.17) is 9.47 Å². The quantitative estimate of drug-likeness (QED) is 0.908. The molecule has 5 heteroatoms. The molecule has 1 aliphatic rings. The summed E-state index contributed by atoms with van der Waals surface area (Å²) in [6.07, 6.45) is 2.05. The Balaban J connectivity index is 0.00000144. The van der Waals surface area contributed by atoms with E-state index < -0.39 is 0 Å². The van der Waals surface area contributed by atoms with Crippen LogP contribution in [0.5, 0.6) is 11.5 Å². The summed E-state index contributed by atoms with van der Waals surface area (Å²) in [5.41, 5.74) is 0.662. The SMILES string of the molecule is COc1cc(F)c([C@@H]2CCCN2)cc1OC.Cl. The fraction of sp³-hybridized carbons (Fsp3) is 0.500. The van der Waals surface area contributed by atoms with E-state index in [1.54, 1.807) is 13.2 Å². The number of hydrogen-bond acceptors (Lipinski definition) is 3. The van der Waals surface area contributed by atoms with Crippen LogP contribution in [0.3, 0.4) is 0 Å². The van der Waals surface area contributed by atoms with Crippen molar-refractivity contribution < 1.29 is 13.9 Å². The van der Waals surface area contributed by atoms with E-state index in [0.29, 0.717) is 17.1 Å². The van der Waals surface area contributed by atoms with Crippen LogP contribution in [0.25, 0.3) is 0 Å². The second-order valence-electron chi connectivity index (χ2n) is 3.88. The van der Waals surface area contributed by atoms with Crippen LogP contribution in [0.15, 0.2) is 12.1 Å². The van der Waals surface area contributed by atoms with Crippen molar-refractivity contribution in [3.63, 3.8) is 0 Å². The molecule has 0 saturated carbocycles. The van der Waals surface area contributed by atoms with Crippen LogP contribution in [0.1, 0.15) is 24.4 Å². The molecular weight excluding hydrogens is 245 g/mol. The highest BCUT2D eigenvalue weighted by molar-refractivity contribution is 5.85. The van der Waals surface area contributed by atoms with E-state index >= 15 is 0 Å². The maximum absolute atomic E-state index is 13.8. The molecule has 0 bridgehead atoms. The number of rotatable bonds is 3. The van der Waals surface area contributed by atoms with Gasteiger partial charge in [-0.05, 0) is 25.5 Å². The maximum atomic E-state index is 13.8. The lowest BCUT2D eigenvalue weighted by Crippen LogP contribution is -2.14. The number of ether oxygens (including phenoxy) is 2. The molecule has 0 amide bonds. The maximum Gasteiger partial charge on any atom is 0.163 e. The molecule has 1 aromatic rings. The lowest BCUT2D eigenvalue weighted by molar-refractivity contribution is 0.350. The molecule has 1 fully saturated rings. The molecule has 1 N–H and O–H groups in total. The average molecular weight is 262 g/mol. The fourth-order valence-electron chi connectivity index (χ4n) is 2.09. The van der Waals surface area contributed by atoms with Gasteiger partial charge in [0.15, 0.2) is 11.5 Å². The Morgan fingerprint density at radius 2 is 1.88 bits per heavy atom.